The molecule has 0 unspecified atom stereocenters. The van der Waals surface area contributed by atoms with Crippen molar-refractivity contribution in [2.45, 2.75) is 0 Å². The zero-order valence-electron chi connectivity index (χ0n) is 20.8. The number of para-hydroxylation sites is 2. The highest BCUT2D eigenvalue weighted by molar-refractivity contribution is 9.10. The Morgan fingerprint density at radius 2 is 0.816 bits per heavy atom. The zero-order valence-corrected chi connectivity index (χ0v) is 22.4. The van der Waals surface area contributed by atoms with Crippen molar-refractivity contribution in [2.75, 3.05) is 4.90 Å². The maximum absolute atomic E-state index is 3.86. The summed E-state index contributed by atoms with van der Waals surface area (Å²) in [5.41, 5.74) is 10.4. The Bertz CT molecular complexity index is 1590. The maximum atomic E-state index is 3.86. The molecule has 0 fully saturated rings. The zero-order chi connectivity index (χ0) is 25.7. The monoisotopic (exact) mass is 551 g/mol. The molecule has 0 aliphatic rings. The van der Waals surface area contributed by atoms with E-state index in [0.29, 0.717) is 0 Å². The molecule has 1 nitrogen and oxygen atoms in total. The van der Waals surface area contributed by atoms with Gasteiger partial charge in [-0.2, -0.15) is 0 Å². The van der Waals surface area contributed by atoms with E-state index in [1.165, 1.54) is 33.4 Å². The van der Waals surface area contributed by atoms with Gasteiger partial charge < -0.3 is 4.90 Å². The molecule has 0 atom stereocenters. The highest BCUT2D eigenvalue weighted by Crippen LogP contribution is 2.49. The summed E-state index contributed by atoms with van der Waals surface area (Å²) in [6.45, 7) is 0. The normalized spacial score (nSPS) is 10.8. The van der Waals surface area contributed by atoms with Gasteiger partial charge in [-0.05, 0) is 74.6 Å². The average Bonchev–Trinajstić information content (AvgIpc) is 3.00. The fourth-order valence-corrected chi connectivity index (χ4v) is 5.41. The van der Waals surface area contributed by atoms with Crippen molar-refractivity contribution in [3.8, 4) is 33.4 Å². The van der Waals surface area contributed by atoms with E-state index in [2.05, 4.69) is 179 Å². The van der Waals surface area contributed by atoms with E-state index < -0.39 is 0 Å². The van der Waals surface area contributed by atoms with Crippen molar-refractivity contribution in [1.82, 2.24) is 0 Å². The lowest BCUT2D eigenvalue weighted by atomic mass is 9.90. The van der Waals surface area contributed by atoms with E-state index in [0.717, 1.165) is 21.5 Å². The van der Waals surface area contributed by atoms with Crippen molar-refractivity contribution in [2.24, 2.45) is 0 Å². The summed E-state index contributed by atoms with van der Waals surface area (Å²) in [5.74, 6) is 0. The van der Waals surface area contributed by atoms with E-state index in [4.69, 9.17) is 0 Å². The van der Waals surface area contributed by atoms with E-state index in [-0.39, 0.29) is 0 Å². The number of rotatable bonds is 6. The Morgan fingerprint density at radius 3 is 1.32 bits per heavy atom. The van der Waals surface area contributed by atoms with Gasteiger partial charge in [0.15, 0.2) is 0 Å². The summed E-state index contributed by atoms with van der Waals surface area (Å²) in [5, 5.41) is 0. The van der Waals surface area contributed by atoms with Gasteiger partial charge in [-0.25, -0.2) is 0 Å². The Hall–Kier alpha value is -4.40. The number of benzene rings is 6. The third kappa shape index (κ3) is 4.79. The number of anilines is 3. The van der Waals surface area contributed by atoms with E-state index in [1.54, 1.807) is 0 Å². The minimum atomic E-state index is 1.04. The Kier molecular flexibility index (Phi) is 6.89. The number of halogens is 1. The van der Waals surface area contributed by atoms with Gasteiger partial charge in [0.05, 0.1) is 11.4 Å². The Morgan fingerprint density at radius 1 is 0.395 bits per heavy atom. The predicted octanol–water partition coefficient (Wildman–Crippen LogP) is 10.9. The summed E-state index contributed by atoms with van der Waals surface area (Å²) >= 11 is 3.86. The molecule has 6 aromatic rings. The van der Waals surface area contributed by atoms with Crippen LogP contribution in [0.4, 0.5) is 17.1 Å². The van der Waals surface area contributed by atoms with Crippen molar-refractivity contribution < 1.29 is 0 Å². The molecular formula is C36H26BrN. The van der Waals surface area contributed by atoms with Gasteiger partial charge in [0, 0.05) is 21.3 Å². The summed E-state index contributed by atoms with van der Waals surface area (Å²) in [6, 6.07) is 55.7. The second-order valence-electron chi connectivity index (χ2n) is 9.14. The van der Waals surface area contributed by atoms with Crippen LogP contribution in [0.2, 0.25) is 0 Å². The number of nitrogens with zero attached hydrogens (tertiary/aromatic N) is 1. The molecule has 2 heteroatoms. The van der Waals surface area contributed by atoms with Gasteiger partial charge in [0.25, 0.3) is 0 Å². The van der Waals surface area contributed by atoms with Crippen LogP contribution in [-0.4, -0.2) is 0 Å². The number of hydrogen-bond donors (Lipinski definition) is 0. The van der Waals surface area contributed by atoms with Crippen molar-refractivity contribution >= 4 is 33.0 Å². The Balaban J connectivity index is 1.75. The topological polar surface area (TPSA) is 3.24 Å². The second-order valence-corrected chi connectivity index (χ2v) is 9.99. The van der Waals surface area contributed by atoms with Gasteiger partial charge in [0.1, 0.15) is 0 Å². The third-order valence-electron chi connectivity index (χ3n) is 6.72. The molecular weight excluding hydrogens is 526 g/mol. The van der Waals surface area contributed by atoms with Crippen LogP contribution in [-0.2, 0) is 0 Å². The van der Waals surface area contributed by atoms with E-state index in [9.17, 15) is 0 Å². The molecule has 0 heterocycles. The van der Waals surface area contributed by atoms with Crippen molar-refractivity contribution in [1.29, 1.82) is 0 Å². The quantitative estimate of drug-likeness (QED) is 0.199. The van der Waals surface area contributed by atoms with Gasteiger partial charge >= 0.3 is 0 Å². The molecule has 0 aromatic heterocycles. The van der Waals surface area contributed by atoms with Gasteiger partial charge in [0.2, 0.25) is 0 Å². The minimum absolute atomic E-state index is 1.04. The summed E-state index contributed by atoms with van der Waals surface area (Å²) in [4.78, 5) is 2.38. The standard InChI is InChI=1S/C36H26BrN/c37-34-23-13-14-24-35(34)38(31-21-11-4-12-22-31)36-32(28-17-7-2-8-18-28)25-30(27-15-5-1-6-16-27)26-33(36)29-19-9-3-10-20-29/h1-26H. The van der Waals surface area contributed by atoms with E-state index >= 15 is 0 Å². The largest absolute Gasteiger partial charge is 0.308 e. The lowest BCUT2D eigenvalue weighted by Crippen LogP contribution is -2.13. The molecule has 6 rings (SSSR count). The second kappa shape index (κ2) is 10.9. The van der Waals surface area contributed by atoms with Crippen LogP contribution in [0.15, 0.2) is 162 Å². The molecule has 0 radical (unpaired) electrons. The van der Waals surface area contributed by atoms with Crippen molar-refractivity contribution in [3.05, 3.63) is 162 Å². The first-order valence-corrected chi connectivity index (χ1v) is 13.5. The fourth-order valence-electron chi connectivity index (χ4n) is 4.95. The van der Waals surface area contributed by atoms with Crippen LogP contribution < -0.4 is 4.90 Å². The third-order valence-corrected chi connectivity index (χ3v) is 7.39. The first-order chi connectivity index (χ1) is 18.8. The number of hydrogen-bond acceptors (Lipinski definition) is 1. The van der Waals surface area contributed by atoms with Gasteiger partial charge in [-0.3, -0.25) is 0 Å². The lowest BCUT2D eigenvalue weighted by molar-refractivity contribution is 1.27. The molecule has 0 N–H and O–H groups in total. The molecule has 0 saturated carbocycles. The van der Waals surface area contributed by atoms with Crippen molar-refractivity contribution in [3.63, 3.8) is 0 Å². The molecule has 0 spiro atoms. The molecule has 0 bridgehead atoms. The first-order valence-electron chi connectivity index (χ1n) is 12.7. The predicted molar refractivity (Wildman–Crippen MR) is 165 cm³/mol. The minimum Gasteiger partial charge on any atom is -0.308 e. The first kappa shape index (κ1) is 24.0. The summed E-state index contributed by atoms with van der Waals surface area (Å²) in [6.07, 6.45) is 0. The average molecular weight is 553 g/mol. The highest BCUT2D eigenvalue weighted by Gasteiger charge is 2.24. The van der Waals surface area contributed by atoms with Gasteiger partial charge in [-0.15, -0.1) is 0 Å². The van der Waals surface area contributed by atoms with E-state index in [1.807, 2.05) is 0 Å². The van der Waals surface area contributed by atoms with Gasteiger partial charge in [-0.1, -0.05) is 121 Å². The van der Waals surface area contributed by atoms with Crippen LogP contribution in [0, 0.1) is 0 Å². The molecule has 182 valence electrons. The maximum Gasteiger partial charge on any atom is 0.0619 e. The Labute approximate surface area is 232 Å². The SMILES string of the molecule is Brc1ccccc1N(c1ccccc1)c1c(-c2ccccc2)cc(-c2ccccc2)cc1-c1ccccc1. The fraction of sp³-hybridized carbons (Fsp3) is 0. The smallest absolute Gasteiger partial charge is 0.0619 e. The molecule has 6 aromatic carbocycles. The molecule has 0 saturated heterocycles. The van der Waals surface area contributed by atoms with Crippen LogP contribution in [0.25, 0.3) is 33.4 Å². The lowest BCUT2D eigenvalue weighted by Gasteiger charge is -2.31. The molecule has 0 aliphatic heterocycles. The molecule has 0 aliphatic carbocycles. The summed E-state index contributed by atoms with van der Waals surface area (Å²) in [7, 11) is 0. The molecule has 38 heavy (non-hydrogen) atoms. The van der Waals surface area contributed by atoms with Crippen LogP contribution in [0.5, 0.6) is 0 Å². The van der Waals surface area contributed by atoms with Crippen LogP contribution >= 0.6 is 15.9 Å². The van der Waals surface area contributed by atoms with Crippen LogP contribution in [0.1, 0.15) is 0 Å². The molecule has 0 amide bonds. The highest BCUT2D eigenvalue weighted by atomic mass is 79.9. The summed E-state index contributed by atoms with van der Waals surface area (Å²) < 4.78 is 1.04. The van der Waals surface area contributed by atoms with Crippen LogP contribution in [0.3, 0.4) is 0 Å².